The number of phenolic OH excluding ortho intramolecular Hbond substituents is 2. The summed E-state index contributed by atoms with van der Waals surface area (Å²) in [4.78, 5) is 14.7. The van der Waals surface area contributed by atoms with E-state index in [0.29, 0.717) is 43.8 Å². The summed E-state index contributed by atoms with van der Waals surface area (Å²) in [7, 11) is 0. The van der Waals surface area contributed by atoms with Crippen molar-refractivity contribution in [3.8, 4) is 17.2 Å². The van der Waals surface area contributed by atoms with Crippen LogP contribution in [0.4, 0.5) is 4.39 Å². The van der Waals surface area contributed by atoms with Gasteiger partial charge in [-0.25, -0.2) is 4.39 Å². The average molecular weight is 613 g/mol. The first kappa shape index (κ1) is 33.5. The first-order chi connectivity index (χ1) is 21.6. The van der Waals surface area contributed by atoms with E-state index in [1.165, 1.54) is 17.7 Å². The van der Waals surface area contributed by atoms with Crippen LogP contribution in [-0.2, 0) is 12.8 Å². The number of nitrogens with one attached hydrogen (secondary N) is 1. The van der Waals surface area contributed by atoms with Gasteiger partial charge in [-0.05, 0) is 100 Å². The molecule has 6 nitrogen and oxygen atoms in total. The zero-order valence-corrected chi connectivity index (χ0v) is 26.7. The van der Waals surface area contributed by atoms with Crippen LogP contribution in [0, 0.1) is 5.82 Å². The summed E-state index contributed by atoms with van der Waals surface area (Å²) in [5, 5.41) is 23.0. The fourth-order valence-corrected chi connectivity index (χ4v) is 5.73. The van der Waals surface area contributed by atoms with Gasteiger partial charge in [-0.1, -0.05) is 54.6 Å². The molecular weight excluding hydrogens is 567 g/mol. The van der Waals surface area contributed by atoms with E-state index in [2.05, 4.69) is 68.2 Å². The smallest absolute Gasteiger partial charge is 0.251 e. The molecule has 7 heteroatoms. The Bertz CT molecular complexity index is 1520. The van der Waals surface area contributed by atoms with Gasteiger partial charge in [-0.15, -0.1) is 0 Å². The second-order valence-corrected chi connectivity index (χ2v) is 12.0. The summed E-state index contributed by atoms with van der Waals surface area (Å²) < 4.78 is 19.6. The molecule has 0 saturated carbocycles. The monoisotopic (exact) mass is 612 g/mol. The normalized spacial score (nSPS) is 12.1. The zero-order chi connectivity index (χ0) is 32.3. The molecule has 0 aliphatic rings. The molecule has 238 valence electrons. The minimum absolute atomic E-state index is 0.0756. The molecule has 1 amide bonds. The molecule has 4 rings (SSSR count). The Balaban J connectivity index is 1.32. The number of amides is 1. The third-order valence-electron chi connectivity index (χ3n) is 8.16. The Morgan fingerprint density at radius 2 is 1.49 bits per heavy atom. The summed E-state index contributed by atoms with van der Waals surface area (Å²) in [6.45, 7) is 10.7. The maximum atomic E-state index is 13.5. The average Bonchev–Trinajstić information content (AvgIpc) is 3.02. The Labute approximate surface area is 266 Å². The van der Waals surface area contributed by atoms with Crippen molar-refractivity contribution in [2.24, 2.45) is 0 Å². The molecule has 1 atom stereocenters. The van der Waals surface area contributed by atoms with Gasteiger partial charge in [0, 0.05) is 42.1 Å². The van der Waals surface area contributed by atoms with Gasteiger partial charge < -0.3 is 20.3 Å². The number of carbonyl (C=O) groups excluding carboxylic acids is 1. The van der Waals surface area contributed by atoms with E-state index in [-0.39, 0.29) is 11.5 Å². The van der Waals surface area contributed by atoms with Crippen LogP contribution in [0.1, 0.15) is 72.6 Å². The van der Waals surface area contributed by atoms with Gasteiger partial charge in [-0.3, -0.25) is 9.69 Å². The van der Waals surface area contributed by atoms with E-state index in [1.54, 1.807) is 6.07 Å². The van der Waals surface area contributed by atoms with Gasteiger partial charge >= 0.3 is 0 Å². The predicted molar refractivity (Wildman–Crippen MR) is 178 cm³/mol. The van der Waals surface area contributed by atoms with Crippen LogP contribution in [0.25, 0.3) is 0 Å². The number of halogens is 1. The number of hydrogen-bond acceptors (Lipinski definition) is 5. The van der Waals surface area contributed by atoms with Crippen LogP contribution >= 0.6 is 0 Å². The number of carbonyl (C=O) groups is 1. The maximum absolute atomic E-state index is 13.5. The van der Waals surface area contributed by atoms with E-state index < -0.39 is 17.5 Å². The van der Waals surface area contributed by atoms with Gasteiger partial charge in [0.05, 0.1) is 6.61 Å². The van der Waals surface area contributed by atoms with Crippen LogP contribution in [0.2, 0.25) is 0 Å². The molecular formula is C38H45FN2O4. The molecule has 4 aromatic rings. The molecule has 45 heavy (non-hydrogen) atoms. The van der Waals surface area contributed by atoms with Crippen molar-refractivity contribution in [3.05, 3.63) is 125 Å². The van der Waals surface area contributed by atoms with Crippen molar-refractivity contribution >= 4 is 5.91 Å². The van der Waals surface area contributed by atoms with E-state index in [9.17, 15) is 19.4 Å². The maximum Gasteiger partial charge on any atom is 0.251 e. The molecule has 0 spiro atoms. The highest BCUT2D eigenvalue weighted by atomic mass is 19.1. The van der Waals surface area contributed by atoms with Crippen molar-refractivity contribution in [1.29, 1.82) is 0 Å². The molecule has 0 unspecified atom stereocenters. The third-order valence-corrected chi connectivity index (χ3v) is 8.16. The van der Waals surface area contributed by atoms with Gasteiger partial charge in [0.25, 0.3) is 5.91 Å². The van der Waals surface area contributed by atoms with Crippen molar-refractivity contribution in [2.75, 3.05) is 19.7 Å². The number of rotatable bonds is 15. The number of nitrogens with zero attached hydrogens (tertiary/aromatic N) is 1. The Morgan fingerprint density at radius 1 is 0.822 bits per heavy atom. The van der Waals surface area contributed by atoms with Crippen molar-refractivity contribution in [2.45, 2.75) is 65.0 Å². The standard InChI is InChI=1S/C38H45FN2O4/c1-26(2)41(27(3)4)22-19-33(30-8-6-5-7-9-30)34-24-29(12-16-36(34)42)20-23-45-32-14-10-28(11-15-32)18-21-40-38(44)31-13-17-37(43)35(39)25-31/h5-17,24-27,33,42-43H,18-23H2,1-4H3,(H,40,44)/t33-/m1/s1. The second kappa shape index (κ2) is 16.1. The van der Waals surface area contributed by atoms with Gasteiger partial charge in [-0.2, -0.15) is 0 Å². The van der Waals surface area contributed by atoms with Crippen LogP contribution in [0.5, 0.6) is 17.2 Å². The summed E-state index contributed by atoms with van der Waals surface area (Å²) in [5.74, 6) is -0.553. The highest BCUT2D eigenvalue weighted by molar-refractivity contribution is 5.94. The number of hydrogen-bond donors (Lipinski definition) is 3. The fraction of sp³-hybridized carbons (Fsp3) is 0.342. The summed E-state index contributed by atoms with van der Waals surface area (Å²) >= 11 is 0. The molecule has 0 heterocycles. The molecule has 0 aliphatic heterocycles. The van der Waals surface area contributed by atoms with Gasteiger partial charge in [0.1, 0.15) is 11.5 Å². The van der Waals surface area contributed by atoms with Crippen molar-refractivity contribution < 1.29 is 24.1 Å². The van der Waals surface area contributed by atoms with Crippen LogP contribution < -0.4 is 10.1 Å². The molecule has 0 fully saturated rings. The van der Waals surface area contributed by atoms with Gasteiger partial charge in [0.15, 0.2) is 11.6 Å². The second-order valence-electron chi connectivity index (χ2n) is 12.0. The van der Waals surface area contributed by atoms with Crippen LogP contribution in [0.3, 0.4) is 0 Å². The van der Waals surface area contributed by atoms with E-state index in [1.807, 2.05) is 36.4 Å². The molecule has 4 aromatic carbocycles. The lowest BCUT2D eigenvalue weighted by Gasteiger charge is -2.32. The summed E-state index contributed by atoms with van der Waals surface area (Å²) in [6.07, 6.45) is 2.21. The number of aromatic hydroxyl groups is 2. The molecule has 0 saturated heterocycles. The van der Waals surface area contributed by atoms with Crippen LogP contribution in [-0.4, -0.2) is 52.8 Å². The molecule has 0 bridgehead atoms. The number of phenols is 2. The molecule has 3 N–H and O–H groups in total. The lowest BCUT2D eigenvalue weighted by Crippen LogP contribution is -2.38. The fourth-order valence-electron chi connectivity index (χ4n) is 5.73. The SMILES string of the molecule is CC(C)N(CC[C@H](c1ccccc1)c1cc(CCOc2ccc(CCNC(=O)c3ccc(O)c(F)c3)cc2)ccc1O)C(C)C. The van der Waals surface area contributed by atoms with Crippen LogP contribution in [0.15, 0.2) is 91.0 Å². The minimum atomic E-state index is -0.823. The first-order valence-corrected chi connectivity index (χ1v) is 15.7. The molecule has 0 aliphatic carbocycles. The quantitative estimate of drug-likeness (QED) is 0.130. The van der Waals surface area contributed by atoms with E-state index in [4.69, 9.17) is 4.74 Å². The molecule has 0 radical (unpaired) electrons. The summed E-state index contributed by atoms with van der Waals surface area (Å²) in [6, 6.07) is 28.5. The number of ether oxygens (including phenoxy) is 1. The Hall–Kier alpha value is -4.36. The van der Waals surface area contributed by atoms with E-state index >= 15 is 0 Å². The van der Waals surface area contributed by atoms with E-state index in [0.717, 1.165) is 41.5 Å². The first-order valence-electron chi connectivity index (χ1n) is 15.7. The largest absolute Gasteiger partial charge is 0.508 e. The van der Waals surface area contributed by atoms with Crippen molar-refractivity contribution in [1.82, 2.24) is 10.2 Å². The highest BCUT2D eigenvalue weighted by Gasteiger charge is 2.22. The van der Waals surface area contributed by atoms with Crippen molar-refractivity contribution in [3.63, 3.8) is 0 Å². The lowest BCUT2D eigenvalue weighted by molar-refractivity contribution is 0.0953. The summed E-state index contributed by atoms with van der Waals surface area (Å²) in [5.41, 5.74) is 4.44. The minimum Gasteiger partial charge on any atom is -0.508 e. The third kappa shape index (κ3) is 9.56. The zero-order valence-electron chi connectivity index (χ0n) is 26.7. The molecule has 0 aromatic heterocycles. The topological polar surface area (TPSA) is 82.0 Å². The Morgan fingerprint density at radius 3 is 2.16 bits per heavy atom. The lowest BCUT2D eigenvalue weighted by atomic mass is 9.86. The predicted octanol–water partition coefficient (Wildman–Crippen LogP) is 7.47. The Kier molecular flexibility index (Phi) is 12.0. The highest BCUT2D eigenvalue weighted by Crippen LogP contribution is 2.35. The van der Waals surface area contributed by atoms with Gasteiger partial charge in [0.2, 0.25) is 0 Å². The number of benzene rings is 4.